The molecule has 0 radical (unpaired) electrons. The first-order valence-electron chi connectivity index (χ1n) is 6.78. The van der Waals surface area contributed by atoms with Crippen molar-refractivity contribution >= 4 is 11.9 Å². The summed E-state index contributed by atoms with van der Waals surface area (Å²) in [6, 6.07) is 0. The van der Waals surface area contributed by atoms with Crippen molar-refractivity contribution in [3.8, 4) is 0 Å². The summed E-state index contributed by atoms with van der Waals surface area (Å²) in [5, 5.41) is 8.98. The van der Waals surface area contributed by atoms with E-state index in [1.165, 1.54) is 0 Å². The Hall–Kier alpha value is -1.20. The molecule has 1 amide bonds. The van der Waals surface area contributed by atoms with Crippen molar-refractivity contribution in [2.45, 2.75) is 44.4 Å². The Labute approximate surface area is 110 Å². The van der Waals surface area contributed by atoms with Crippen molar-refractivity contribution < 1.29 is 23.5 Å². The van der Waals surface area contributed by atoms with Crippen molar-refractivity contribution in [1.29, 1.82) is 0 Å². The molecule has 2 fully saturated rings. The van der Waals surface area contributed by atoms with Gasteiger partial charge in [-0.2, -0.15) is 0 Å². The number of nitrogens with zero attached hydrogens (tertiary/aromatic N) is 1. The third-order valence-corrected chi connectivity index (χ3v) is 4.15. The smallest absolute Gasteiger partial charge is 0.308 e. The van der Waals surface area contributed by atoms with E-state index in [-0.39, 0.29) is 44.1 Å². The number of likely N-dealkylation sites (tertiary alicyclic amines) is 1. The van der Waals surface area contributed by atoms with E-state index in [4.69, 9.17) is 5.11 Å². The summed E-state index contributed by atoms with van der Waals surface area (Å²) in [5.41, 5.74) is 0. The van der Waals surface area contributed by atoms with Crippen LogP contribution < -0.4 is 0 Å². The molecule has 4 nitrogen and oxygen atoms in total. The number of aliphatic carboxylic acids is 1. The summed E-state index contributed by atoms with van der Waals surface area (Å²) in [5.74, 6) is -4.52. The summed E-state index contributed by atoms with van der Waals surface area (Å²) in [4.78, 5) is 24.7. The van der Waals surface area contributed by atoms with E-state index in [9.17, 15) is 18.4 Å². The highest BCUT2D eigenvalue weighted by molar-refractivity contribution is 5.80. The standard InChI is InChI=1S/C13H19F2NO3/c14-13(15)5-3-9(4-6-13)11(17)16-7-1-2-10(8-16)12(18)19/h9-10H,1-8H2,(H,18,19)/t10-/m0/s1. The van der Waals surface area contributed by atoms with Crippen LogP contribution in [0.4, 0.5) is 8.78 Å². The lowest BCUT2D eigenvalue weighted by Gasteiger charge is -2.35. The van der Waals surface area contributed by atoms with Gasteiger partial charge in [-0.3, -0.25) is 9.59 Å². The van der Waals surface area contributed by atoms with Gasteiger partial charge in [0, 0.05) is 31.8 Å². The van der Waals surface area contributed by atoms with E-state index in [0.29, 0.717) is 19.4 Å². The van der Waals surface area contributed by atoms with Gasteiger partial charge in [0.1, 0.15) is 0 Å². The normalized spacial score (nSPS) is 28.1. The highest BCUT2D eigenvalue weighted by Crippen LogP contribution is 2.37. The number of amides is 1. The first-order valence-corrected chi connectivity index (χ1v) is 6.78. The van der Waals surface area contributed by atoms with Gasteiger partial charge in [0.2, 0.25) is 11.8 Å². The Morgan fingerprint density at radius 2 is 1.74 bits per heavy atom. The molecule has 1 saturated heterocycles. The molecule has 2 rings (SSSR count). The zero-order valence-electron chi connectivity index (χ0n) is 10.8. The molecule has 0 spiro atoms. The molecule has 0 unspecified atom stereocenters. The van der Waals surface area contributed by atoms with Gasteiger partial charge >= 0.3 is 5.97 Å². The molecule has 6 heteroatoms. The van der Waals surface area contributed by atoms with Crippen LogP contribution in [0.1, 0.15) is 38.5 Å². The van der Waals surface area contributed by atoms with Gasteiger partial charge < -0.3 is 10.0 Å². The molecule has 1 atom stereocenters. The number of carbonyl (C=O) groups excluding carboxylic acids is 1. The van der Waals surface area contributed by atoms with E-state index in [1.807, 2.05) is 0 Å². The third kappa shape index (κ3) is 3.42. The van der Waals surface area contributed by atoms with Gasteiger partial charge in [0.25, 0.3) is 0 Å². The summed E-state index contributed by atoms with van der Waals surface area (Å²) < 4.78 is 26.1. The van der Waals surface area contributed by atoms with Crippen molar-refractivity contribution in [2.75, 3.05) is 13.1 Å². The Morgan fingerprint density at radius 3 is 2.32 bits per heavy atom. The average Bonchev–Trinajstić information content (AvgIpc) is 2.38. The van der Waals surface area contributed by atoms with E-state index in [2.05, 4.69) is 0 Å². The van der Waals surface area contributed by atoms with E-state index in [0.717, 1.165) is 0 Å². The van der Waals surface area contributed by atoms with Crippen molar-refractivity contribution in [3.63, 3.8) is 0 Å². The fraction of sp³-hybridized carbons (Fsp3) is 0.846. The molecular formula is C13H19F2NO3. The van der Waals surface area contributed by atoms with Crippen LogP contribution in [0.15, 0.2) is 0 Å². The fourth-order valence-electron chi connectivity index (χ4n) is 2.92. The maximum Gasteiger partial charge on any atom is 0.308 e. The zero-order valence-corrected chi connectivity index (χ0v) is 10.8. The van der Waals surface area contributed by atoms with Gasteiger partial charge in [0.05, 0.1) is 5.92 Å². The number of alkyl halides is 2. The Morgan fingerprint density at radius 1 is 1.11 bits per heavy atom. The van der Waals surface area contributed by atoms with E-state index >= 15 is 0 Å². The molecule has 1 saturated carbocycles. The Kier molecular flexibility index (Phi) is 4.06. The van der Waals surface area contributed by atoms with Crippen LogP contribution in [-0.4, -0.2) is 40.9 Å². The van der Waals surface area contributed by atoms with Crippen molar-refractivity contribution in [2.24, 2.45) is 11.8 Å². The largest absolute Gasteiger partial charge is 0.481 e. The maximum absolute atomic E-state index is 13.0. The number of carbonyl (C=O) groups is 2. The first-order chi connectivity index (χ1) is 8.89. The second-order valence-electron chi connectivity index (χ2n) is 5.59. The predicted octanol–water partition coefficient (Wildman–Crippen LogP) is 2.14. The Balaban J connectivity index is 1.91. The van der Waals surface area contributed by atoms with Crippen LogP contribution in [0.25, 0.3) is 0 Å². The molecule has 1 aliphatic carbocycles. The summed E-state index contributed by atoms with van der Waals surface area (Å²) >= 11 is 0. The molecule has 1 N–H and O–H groups in total. The quantitative estimate of drug-likeness (QED) is 0.840. The van der Waals surface area contributed by atoms with Gasteiger partial charge in [-0.1, -0.05) is 0 Å². The first kappa shape index (κ1) is 14.2. The number of hydrogen-bond acceptors (Lipinski definition) is 2. The minimum absolute atomic E-state index is 0.138. The van der Waals surface area contributed by atoms with Crippen LogP contribution in [0.3, 0.4) is 0 Å². The van der Waals surface area contributed by atoms with Crippen LogP contribution >= 0.6 is 0 Å². The third-order valence-electron chi connectivity index (χ3n) is 4.15. The minimum Gasteiger partial charge on any atom is -0.481 e. The highest BCUT2D eigenvalue weighted by Gasteiger charge is 2.39. The lowest BCUT2D eigenvalue weighted by molar-refractivity contribution is -0.148. The SMILES string of the molecule is O=C(O)[C@H]1CCCN(C(=O)C2CCC(F)(F)CC2)C1. The summed E-state index contributed by atoms with van der Waals surface area (Å²) in [6.07, 6.45) is 1.20. The van der Waals surface area contributed by atoms with Crippen molar-refractivity contribution in [1.82, 2.24) is 4.90 Å². The van der Waals surface area contributed by atoms with Crippen LogP contribution in [0.5, 0.6) is 0 Å². The van der Waals surface area contributed by atoms with Crippen LogP contribution in [0.2, 0.25) is 0 Å². The maximum atomic E-state index is 13.0. The molecule has 0 aromatic rings. The molecule has 1 aliphatic heterocycles. The number of hydrogen-bond donors (Lipinski definition) is 1. The number of halogens is 2. The number of carboxylic acids is 1. The van der Waals surface area contributed by atoms with Crippen LogP contribution in [-0.2, 0) is 9.59 Å². The zero-order chi connectivity index (χ0) is 14.0. The van der Waals surface area contributed by atoms with Gasteiger partial charge in [-0.15, -0.1) is 0 Å². The molecule has 0 bridgehead atoms. The number of rotatable bonds is 2. The molecule has 0 aromatic heterocycles. The summed E-state index contributed by atoms with van der Waals surface area (Å²) in [7, 11) is 0. The molecule has 2 aliphatic rings. The topological polar surface area (TPSA) is 57.6 Å². The van der Waals surface area contributed by atoms with E-state index < -0.39 is 17.8 Å². The van der Waals surface area contributed by atoms with Gasteiger partial charge in [-0.05, 0) is 25.7 Å². The molecule has 108 valence electrons. The highest BCUT2D eigenvalue weighted by atomic mass is 19.3. The monoisotopic (exact) mass is 275 g/mol. The lowest BCUT2D eigenvalue weighted by Crippen LogP contribution is -2.46. The van der Waals surface area contributed by atoms with Gasteiger partial charge in [-0.25, -0.2) is 8.78 Å². The molecule has 0 aromatic carbocycles. The predicted molar refractivity (Wildman–Crippen MR) is 63.8 cm³/mol. The van der Waals surface area contributed by atoms with Crippen LogP contribution in [0, 0.1) is 11.8 Å². The summed E-state index contributed by atoms with van der Waals surface area (Å²) in [6.45, 7) is 0.774. The minimum atomic E-state index is -2.64. The van der Waals surface area contributed by atoms with E-state index in [1.54, 1.807) is 4.90 Å². The fourth-order valence-corrected chi connectivity index (χ4v) is 2.92. The number of carboxylic acid groups (broad SMARTS) is 1. The molecule has 19 heavy (non-hydrogen) atoms. The average molecular weight is 275 g/mol. The molecular weight excluding hydrogens is 256 g/mol. The Bertz CT molecular complexity index is 363. The number of piperidine rings is 1. The van der Waals surface area contributed by atoms with Crippen molar-refractivity contribution in [3.05, 3.63) is 0 Å². The lowest BCUT2D eigenvalue weighted by atomic mass is 9.85. The van der Waals surface area contributed by atoms with Gasteiger partial charge in [0.15, 0.2) is 0 Å². The second-order valence-corrected chi connectivity index (χ2v) is 5.59. The second kappa shape index (κ2) is 5.43. The molecule has 1 heterocycles.